The van der Waals surface area contributed by atoms with Crippen molar-refractivity contribution in [3.63, 3.8) is 0 Å². The Bertz CT molecular complexity index is 1020. The van der Waals surface area contributed by atoms with E-state index in [0.717, 1.165) is 5.56 Å². The molecule has 0 amide bonds. The number of methoxy groups -OCH3 is 1. The van der Waals surface area contributed by atoms with Crippen molar-refractivity contribution in [2.45, 2.75) is 6.92 Å². The van der Waals surface area contributed by atoms with E-state index in [2.05, 4.69) is 11.1 Å². The maximum absolute atomic E-state index is 13.2. The van der Waals surface area contributed by atoms with Crippen LogP contribution >= 0.6 is 0 Å². The van der Waals surface area contributed by atoms with Crippen LogP contribution in [0.2, 0.25) is 0 Å². The van der Waals surface area contributed by atoms with E-state index in [1.165, 1.54) is 25.3 Å². The molecule has 0 aliphatic rings. The molecule has 6 heteroatoms. The molecule has 26 heavy (non-hydrogen) atoms. The number of nitrogens with zero attached hydrogens (tertiary/aromatic N) is 2. The molecular formula is C20H16FN3O2. The Hall–Kier alpha value is -3.59. The largest absolute Gasteiger partial charge is 0.504 e. The fourth-order valence-corrected chi connectivity index (χ4v) is 2.89. The van der Waals surface area contributed by atoms with Crippen LogP contribution in [0.1, 0.15) is 11.1 Å². The number of benzene rings is 2. The van der Waals surface area contributed by atoms with Crippen molar-refractivity contribution in [2.24, 2.45) is 0 Å². The summed E-state index contributed by atoms with van der Waals surface area (Å²) in [4.78, 5) is 4.34. The minimum absolute atomic E-state index is 0.00630. The molecule has 0 unspecified atom stereocenters. The molecule has 2 aromatic carbocycles. The maximum atomic E-state index is 13.2. The van der Waals surface area contributed by atoms with E-state index in [0.29, 0.717) is 22.4 Å². The Morgan fingerprint density at radius 1 is 1.15 bits per heavy atom. The van der Waals surface area contributed by atoms with Crippen LogP contribution in [0.4, 0.5) is 10.2 Å². The molecule has 130 valence electrons. The average molecular weight is 349 g/mol. The van der Waals surface area contributed by atoms with Gasteiger partial charge in [0.15, 0.2) is 11.5 Å². The lowest BCUT2D eigenvalue weighted by atomic mass is 9.92. The average Bonchev–Trinajstić information content (AvgIpc) is 2.64. The molecule has 0 aliphatic carbocycles. The van der Waals surface area contributed by atoms with Gasteiger partial charge in [-0.1, -0.05) is 6.07 Å². The van der Waals surface area contributed by atoms with E-state index >= 15 is 0 Å². The highest BCUT2D eigenvalue weighted by molar-refractivity contribution is 5.84. The van der Waals surface area contributed by atoms with Crippen LogP contribution in [0.3, 0.4) is 0 Å². The van der Waals surface area contributed by atoms with Crippen molar-refractivity contribution >= 4 is 5.82 Å². The van der Waals surface area contributed by atoms with Crippen molar-refractivity contribution in [3.05, 3.63) is 59.4 Å². The number of hydrogen-bond acceptors (Lipinski definition) is 5. The first-order valence-corrected chi connectivity index (χ1v) is 7.79. The molecule has 3 aromatic rings. The van der Waals surface area contributed by atoms with Crippen LogP contribution < -0.4 is 10.5 Å². The quantitative estimate of drug-likeness (QED) is 0.745. The van der Waals surface area contributed by atoms with Gasteiger partial charge in [-0.25, -0.2) is 9.37 Å². The Morgan fingerprint density at radius 2 is 1.81 bits per heavy atom. The molecule has 0 saturated carbocycles. The molecule has 0 radical (unpaired) electrons. The number of aromatic hydroxyl groups is 1. The van der Waals surface area contributed by atoms with Gasteiger partial charge in [0.25, 0.3) is 0 Å². The van der Waals surface area contributed by atoms with Gasteiger partial charge in [0.1, 0.15) is 23.3 Å². The Labute approximate surface area is 150 Å². The second-order valence-electron chi connectivity index (χ2n) is 5.73. The number of nitriles is 1. The standard InChI is InChI=1S/C20H16FN3O2/c1-11-18(13-5-8-16(25)17(9-13)26-2)15(10-22)20(23)24-19(11)12-3-6-14(21)7-4-12/h3-9,25H,1-2H3,(H2,23,24). The highest BCUT2D eigenvalue weighted by Gasteiger charge is 2.19. The number of aromatic nitrogens is 1. The zero-order chi connectivity index (χ0) is 18.8. The van der Waals surface area contributed by atoms with Crippen molar-refractivity contribution in [1.82, 2.24) is 4.98 Å². The highest BCUT2D eigenvalue weighted by atomic mass is 19.1. The molecule has 1 heterocycles. The molecular weight excluding hydrogens is 333 g/mol. The van der Waals surface area contributed by atoms with Gasteiger partial charge in [-0.15, -0.1) is 0 Å². The third kappa shape index (κ3) is 2.91. The van der Waals surface area contributed by atoms with E-state index in [1.807, 2.05) is 6.92 Å². The predicted octanol–water partition coefficient (Wildman–Crippen LogP) is 4.03. The minimum atomic E-state index is -0.350. The van der Waals surface area contributed by atoms with E-state index in [4.69, 9.17) is 10.5 Å². The second-order valence-corrected chi connectivity index (χ2v) is 5.73. The van der Waals surface area contributed by atoms with Crippen molar-refractivity contribution in [2.75, 3.05) is 12.8 Å². The minimum Gasteiger partial charge on any atom is -0.504 e. The van der Waals surface area contributed by atoms with Crippen molar-refractivity contribution < 1.29 is 14.2 Å². The number of rotatable bonds is 3. The number of hydrogen-bond donors (Lipinski definition) is 2. The Morgan fingerprint density at radius 3 is 2.42 bits per heavy atom. The summed E-state index contributed by atoms with van der Waals surface area (Å²) in [7, 11) is 1.45. The molecule has 0 aliphatic heterocycles. The summed E-state index contributed by atoms with van der Waals surface area (Å²) in [5.74, 6) is 0.00804. The SMILES string of the molecule is COc1cc(-c2c(C)c(-c3ccc(F)cc3)nc(N)c2C#N)ccc1O. The van der Waals surface area contributed by atoms with E-state index in [-0.39, 0.29) is 28.7 Å². The Balaban J connectivity index is 2.30. The van der Waals surface area contributed by atoms with Crippen LogP contribution in [0.5, 0.6) is 11.5 Å². The third-order valence-corrected chi connectivity index (χ3v) is 4.17. The zero-order valence-electron chi connectivity index (χ0n) is 14.2. The smallest absolute Gasteiger partial charge is 0.161 e. The monoisotopic (exact) mass is 349 g/mol. The van der Waals surface area contributed by atoms with Crippen molar-refractivity contribution in [3.8, 4) is 40.0 Å². The molecule has 5 nitrogen and oxygen atoms in total. The van der Waals surface area contributed by atoms with Crippen LogP contribution in [0.25, 0.3) is 22.4 Å². The summed E-state index contributed by atoms with van der Waals surface area (Å²) in [6, 6.07) is 12.8. The van der Waals surface area contributed by atoms with Gasteiger partial charge >= 0.3 is 0 Å². The summed E-state index contributed by atoms with van der Waals surface area (Å²) >= 11 is 0. The van der Waals surface area contributed by atoms with Gasteiger partial charge in [-0.05, 0) is 54.4 Å². The summed E-state index contributed by atoms with van der Waals surface area (Å²) in [5.41, 5.74) is 9.47. The van der Waals surface area contributed by atoms with Crippen LogP contribution in [0, 0.1) is 24.1 Å². The summed E-state index contributed by atoms with van der Waals surface area (Å²) in [6.45, 7) is 1.82. The van der Waals surface area contributed by atoms with E-state index in [1.54, 1.807) is 24.3 Å². The molecule has 0 spiro atoms. The number of nitrogens with two attached hydrogens (primary N) is 1. The van der Waals surface area contributed by atoms with Gasteiger partial charge in [-0.3, -0.25) is 0 Å². The fourth-order valence-electron chi connectivity index (χ4n) is 2.89. The molecule has 0 fully saturated rings. The number of nitrogen functional groups attached to an aromatic ring is 1. The van der Waals surface area contributed by atoms with Crippen LogP contribution in [-0.2, 0) is 0 Å². The fraction of sp³-hybridized carbons (Fsp3) is 0.100. The van der Waals surface area contributed by atoms with E-state index < -0.39 is 0 Å². The molecule has 1 aromatic heterocycles. The first-order valence-electron chi connectivity index (χ1n) is 7.79. The second kappa shape index (κ2) is 6.73. The number of ether oxygens (including phenoxy) is 1. The highest BCUT2D eigenvalue weighted by Crippen LogP contribution is 2.38. The lowest BCUT2D eigenvalue weighted by Gasteiger charge is -2.16. The maximum Gasteiger partial charge on any atom is 0.161 e. The van der Waals surface area contributed by atoms with Gasteiger partial charge in [0.2, 0.25) is 0 Å². The topological polar surface area (TPSA) is 92.2 Å². The normalized spacial score (nSPS) is 10.4. The Kier molecular flexibility index (Phi) is 4.46. The first-order chi connectivity index (χ1) is 12.5. The van der Waals surface area contributed by atoms with Crippen molar-refractivity contribution in [1.29, 1.82) is 5.26 Å². The number of phenolic OH excluding ortho intramolecular Hbond substituents is 1. The third-order valence-electron chi connectivity index (χ3n) is 4.17. The molecule has 3 N–H and O–H groups in total. The summed E-state index contributed by atoms with van der Waals surface area (Å²) in [6.07, 6.45) is 0. The molecule has 3 rings (SSSR count). The summed E-state index contributed by atoms with van der Waals surface area (Å²) < 4.78 is 18.4. The lowest BCUT2D eigenvalue weighted by molar-refractivity contribution is 0.373. The lowest BCUT2D eigenvalue weighted by Crippen LogP contribution is -2.03. The zero-order valence-corrected chi connectivity index (χ0v) is 14.2. The van der Waals surface area contributed by atoms with Gasteiger partial charge in [0, 0.05) is 11.1 Å². The first kappa shape index (κ1) is 17.2. The van der Waals surface area contributed by atoms with Gasteiger partial charge in [-0.2, -0.15) is 5.26 Å². The number of halogens is 1. The van der Waals surface area contributed by atoms with Gasteiger partial charge in [0.05, 0.1) is 12.8 Å². The van der Waals surface area contributed by atoms with Gasteiger partial charge < -0.3 is 15.6 Å². The number of anilines is 1. The molecule has 0 atom stereocenters. The summed E-state index contributed by atoms with van der Waals surface area (Å²) in [5, 5.41) is 19.4. The van der Waals surface area contributed by atoms with Crippen LogP contribution in [0.15, 0.2) is 42.5 Å². The number of phenols is 1. The number of pyridine rings is 1. The molecule has 0 saturated heterocycles. The predicted molar refractivity (Wildman–Crippen MR) is 97.1 cm³/mol. The van der Waals surface area contributed by atoms with Crippen LogP contribution in [-0.4, -0.2) is 17.2 Å². The van der Waals surface area contributed by atoms with E-state index in [9.17, 15) is 14.8 Å². The molecule has 0 bridgehead atoms.